The zero-order valence-electron chi connectivity index (χ0n) is 13.6. The standard InChI is InChI=1S/C16H18N2O5S/c1-9-8-14(23-18-9)17-16(21)11(3)22-15(20)7-5-12(19)13-6-4-10(2)24-13/h4,6,8,11H,5,7H2,1-3H3,(H,17,21)/t11-/m1/s1. The number of carbonyl (C=O) groups is 3. The summed E-state index contributed by atoms with van der Waals surface area (Å²) >= 11 is 1.39. The van der Waals surface area contributed by atoms with E-state index in [1.54, 1.807) is 19.1 Å². The van der Waals surface area contributed by atoms with Crippen molar-refractivity contribution in [2.24, 2.45) is 0 Å². The van der Waals surface area contributed by atoms with Gasteiger partial charge in [0, 0.05) is 17.4 Å². The number of nitrogens with zero attached hydrogens (tertiary/aromatic N) is 1. The van der Waals surface area contributed by atoms with Crippen LogP contribution in [0, 0.1) is 13.8 Å². The average Bonchev–Trinajstić information content (AvgIpc) is 3.13. The van der Waals surface area contributed by atoms with Gasteiger partial charge in [-0.05, 0) is 32.9 Å². The molecule has 0 bridgehead atoms. The van der Waals surface area contributed by atoms with Crippen LogP contribution >= 0.6 is 11.3 Å². The van der Waals surface area contributed by atoms with Crippen LogP contribution in [-0.4, -0.2) is 28.9 Å². The Morgan fingerprint density at radius 3 is 2.62 bits per heavy atom. The van der Waals surface area contributed by atoms with E-state index in [0.717, 1.165) is 4.88 Å². The molecule has 0 aliphatic carbocycles. The molecule has 2 aromatic heterocycles. The van der Waals surface area contributed by atoms with E-state index in [4.69, 9.17) is 9.26 Å². The summed E-state index contributed by atoms with van der Waals surface area (Å²) in [4.78, 5) is 37.2. The lowest BCUT2D eigenvalue weighted by Crippen LogP contribution is -2.29. The van der Waals surface area contributed by atoms with Crippen molar-refractivity contribution in [2.45, 2.75) is 39.7 Å². The first kappa shape index (κ1) is 17.9. The Kier molecular flexibility index (Phi) is 5.86. The lowest BCUT2D eigenvalue weighted by Gasteiger charge is -2.11. The number of aryl methyl sites for hydroxylation is 2. The number of aromatic nitrogens is 1. The highest BCUT2D eigenvalue weighted by molar-refractivity contribution is 7.14. The second-order valence-corrected chi connectivity index (χ2v) is 6.58. The first-order valence-electron chi connectivity index (χ1n) is 7.38. The van der Waals surface area contributed by atoms with Crippen molar-refractivity contribution in [3.05, 3.63) is 33.6 Å². The van der Waals surface area contributed by atoms with Crippen LogP contribution in [-0.2, 0) is 14.3 Å². The number of ketones is 1. The quantitative estimate of drug-likeness (QED) is 0.609. The Labute approximate surface area is 143 Å². The fraction of sp³-hybridized carbons (Fsp3) is 0.375. The fourth-order valence-electron chi connectivity index (χ4n) is 1.88. The van der Waals surface area contributed by atoms with Crippen LogP contribution in [0.4, 0.5) is 5.88 Å². The lowest BCUT2D eigenvalue weighted by atomic mass is 10.2. The summed E-state index contributed by atoms with van der Waals surface area (Å²) in [6, 6.07) is 5.14. The van der Waals surface area contributed by atoms with E-state index in [2.05, 4.69) is 10.5 Å². The molecule has 24 heavy (non-hydrogen) atoms. The molecule has 2 aromatic rings. The molecule has 8 heteroatoms. The molecule has 0 fully saturated rings. The number of hydrogen-bond acceptors (Lipinski definition) is 7. The monoisotopic (exact) mass is 350 g/mol. The Balaban J connectivity index is 1.76. The summed E-state index contributed by atoms with van der Waals surface area (Å²) in [7, 11) is 0. The molecule has 1 N–H and O–H groups in total. The van der Waals surface area contributed by atoms with Crippen molar-refractivity contribution in [1.82, 2.24) is 5.16 Å². The molecule has 0 aliphatic rings. The van der Waals surface area contributed by atoms with Gasteiger partial charge >= 0.3 is 5.97 Å². The number of esters is 1. The molecule has 0 spiro atoms. The van der Waals surface area contributed by atoms with Gasteiger partial charge in [-0.3, -0.25) is 19.7 Å². The predicted molar refractivity (Wildman–Crippen MR) is 88.0 cm³/mol. The zero-order valence-corrected chi connectivity index (χ0v) is 14.4. The van der Waals surface area contributed by atoms with Gasteiger partial charge in [0.05, 0.1) is 17.0 Å². The van der Waals surface area contributed by atoms with Gasteiger partial charge in [0.1, 0.15) is 0 Å². The normalized spacial score (nSPS) is 11.8. The van der Waals surface area contributed by atoms with Gasteiger partial charge in [0.25, 0.3) is 5.91 Å². The molecule has 2 rings (SSSR count). The van der Waals surface area contributed by atoms with Crippen molar-refractivity contribution >= 4 is 34.9 Å². The van der Waals surface area contributed by atoms with Gasteiger partial charge in [0.15, 0.2) is 11.9 Å². The minimum absolute atomic E-state index is 0.0500. The zero-order chi connectivity index (χ0) is 17.7. The highest BCUT2D eigenvalue weighted by atomic mass is 32.1. The molecular weight excluding hydrogens is 332 g/mol. The van der Waals surface area contributed by atoms with Crippen LogP contribution in [0.3, 0.4) is 0 Å². The van der Waals surface area contributed by atoms with Crippen LogP contribution in [0.5, 0.6) is 0 Å². The van der Waals surface area contributed by atoms with E-state index in [0.29, 0.717) is 10.6 Å². The summed E-state index contributed by atoms with van der Waals surface area (Å²) in [6.45, 7) is 5.07. The number of thiophene rings is 1. The predicted octanol–water partition coefficient (Wildman–Crippen LogP) is 2.89. The van der Waals surface area contributed by atoms with Crippen LogP contribution < -0.4 is 5.32 Å². The number of anilines is 1. The van der Waals surface area contributed by atoms with Crippen molar-refractivity contribution in [3.63, 3.8) is 0 Å². The Morgan fingerprint density at radius 2 is 2.04 bits per heavy atom. The van der Waals surface area contributed by atoms with E-state index in [9.17, 15) is 14.4 Å². The van der Waals surface area contributed by atoms with Crippen molar-refractivity contribution in [3.8, 4) is 0 Å². The molecule has 0 radical (unpaired) electrons. The number of carbonyl (C=O) groups excluding carboxylic acids is 3. The third-order valence-electron chi connectivity index (χ3n) is 3.12. The molecular formula is C16H18N2O5S. The molecule has 0 aromatic carbocycles. The van der Waals surface area contributed by atoms with Crippen LogP contribution in [0.25, 0.3) is 0 Å². The van der Waals surface area contributed by atoms with E-state index in [1.807, 2.05) is 13.0 Å². The second kappa shape index (κ2) is 7.87. The molecule has 1 amide bonds. The maximum atomic E-state index is 11.9. The van der Waals surface area contributed by atoms with Crippen LogP contribution in [0.2, 0.25) is 0 Å². The number of amides is 1. The molecule has 0 saturated carbocycles. The van der Waals surface area contributed by atoms with Crippen LogP contribution in [0.1, 0.15) is 40.0 Å². The lowest BCUT2D eigenvalue weighted by molar-refractivity contribution is -0.153. The van der Waals surface area contributed by atoms with Gasteiger partial charge < -0.3 is 9.26 Å². The highest BCUT2D eigenvalue weighted by Crippen LogP contribution is 2.17. The molecule has 7 nitrogen and oxygen atoms in total. The van der Waals surface area contributed by atoms with E-state index < -0.39 is 18.0 Å². The first-order valence-corrected chi connectivity index (χ1v) is 8.20. The van der Waals surface area contributed by atoms with Crippen molar-refractivity contribution < 1.29 is 23.6 Å². The van der Waals surface area contributed by atoms with E-state index in [1.165, 1.54) is 18.3 Å². The third-order valence-corrected chi connectivity index (χ3v) is 4.16. The maximum absolute atomic E-state index is 11.9. The Hall–Kier alpha value is -2.48. The minimum Gasteiger partial charge on any atom is -0.453 e. The number of Topliss-reactive ketones (excluding diaryl/α,β-unsaturated/α-hetero) is 1. The highest BCUT2D eigenvalue weighted by Gasteiger charge is 2.20. The Morgan fingerprint density at radius 1 is 1.29 bits per heavy atom. The first-order chi connectivity index (χ1) is 11.3. The van der Waals surface area contributed by atoms with Gasteiger partial charge in [-0.15, -0.1) is 11.3 Å². The van der Waals surface area contributed by atoms with Gasteiger partial charge in [0.2, 0.25) is 5.88 Å². The van der Waals surface area contributed by atoms with Crippen molar-refractivity contribution in [2.75, 3.05) is 5.32 Å². The molecule has 0 unspecified atom stereocenters. The molecule has 0 saturated heterocycles. The molecule has 2 heterocycles. The smallest absolute Gasteiger partial charge is 0.307 e. The van der Waals surface area contributed by atoms with E-state index in [-0.39, 0.29) is 24.5 Å². The number of hydrogen-bond donors (Lipinski definition) is 1. The Bertz CT molecular complexity index is 749. The van der Waals surface area contributed by atoms with Crippen molar-refractivity contribution in [1.29, 1.82) is 0 Å². The van der Waals surface area contributed by atoms with Gasteiger partial charge in [-0.1, -0.05) is 5.16 Å². The van der Waals surface area contributed by atoms with E-state index >= 15 is 0 Å². The SMILES string of the molecule is Cc1cc(NC(=O)[C@@H](C)OC(=O)CCC(=O)c2ccc(C)s2)on1. The van der Waals surface area contributed by atoms with Crippen LogP contribution in [0.15, 0.2) is 22.7 Å². The number of rotatable bonds is 7. The summed E-state index contributed by atoms with van der Waals surface area (Å²) in [5, 5.41) is 6.09. The fourth-order valence-corrected chi connectivity index (χ4v) is 2.71. The minimum atomic E-state index is -0.998. The maximum Gasteiger partial charge on any atom is 0.307 e. The summed E-state index contributed by atoms with van der Waals surface area (Å²) in [6.07, 6.45) is -1.02. The molecule has 1 atom stereocenters. The van der Waals surface area contributed by atoms with Gasteiger partial charge in [-0.25, -0.2) is 0 Å². The third kappa shape index (κ3) is 5.02. The number of ether oxygens (including phenoxy) is 1. The van der Waals surface area contributed by atoms with Gasteiger partial charge in [-0.2, -0.15) is 0 Å². The second-order valence-electron chi connectivity index (χ2n) is 5.29. The molecule has 0 aliphatic heterocycles. The summed E-state index contributed by atoms with van der Waals surface area (Å²) < 4.78 is 9.87. The summed E-state index contributed by atoms with van der Waals surface area (Å²) in [5.41, 5.74) is 0.622. The summed E-state index contributed by atoms with van der Waals surface area (Å²) in [5.74, 6) is -1.06. The number of nitrogens with one attached hydrogen (secondary N) is 1. The average molecular weight is 350 g/mol. The largest absolute Gasteiger partial charge is 0.453 e. The molecule has 128 valence electrons. The topological polar surface area (TPSA) is 98.5 Å².